The molecular weight excluding hydrogens is 302 g/mol. The monoisotopic (exact) mass is 317 g/mol. The van der Waals surface area contributed by atoms with Crippen molar-refractivity contribution in [3.63, 3.8) is 0 Å². The molecule has 6 nitrogen and oxygen atoms in total. The molecule has 1 aliphatic heterocycles. The number of nitrogens with one attached hydrogen (secondary N) is 1. The summed E-state index contributed by atoms with van der Waals surface area (Å²) in [7, 11) is 0. The third-order valence-corrected chi connectivity index (χ3v) is 3.65. The van der Waals surface area contributed by atoms with Gasteiger partial charge in [0.2, 0.25) is 0 Å². The van der Waals surface area contributed by atoms with Crippen molar-refractivity contribution in [3.05, 3.63) is 40.2 Å². The minimum absolute atomic E-state index is 0.0820. The van der Waals surface area contributed by atoms with Crippen LogP contribution in [0.3, 0.4) is 0 Å². The Hall–Kier alpha value is -2.41. The molecule has 0 fully saturated rings. The molecule has 0 bridgehead atoms. The first kappa shape index (κ1) is 14.5. The van der Waals surface area contributed by atoms with Crippen molar-refractivity contribution in [2.24, 2.45) is 10.8 Å². The van der Waals surface area contributed by atoms with Crippen LogP contribution in [0, 0.1) is 0 Å². The predicted molar refractivity (Wildman–Crippen MR) is 88.3 cm³/mol. The van der Waals surface area contributed by atoms with Crippen LogP contribution in [0.2, 0.25) is 0 Å². The van der Waals surface area contributed by atoms with E-state index in [2.05, 4.69) is 10.5 Å². The van der Waals surface area contributed by atoms with Crippen molar-refractivity contribution >= 4 is 34.0 Å². The molecule has 0 amide bonds. The zero-order valence-corrected chi connectivity index (χ0v) is 13.0. The van der Waals surface area contributed by atoms with Gasteiger partial charge in [-0.1, -0.05) is 0 Å². The van der Waals surface area contributed by atoms with Crippen LogP contribution in [-0.2, 0) is 6.42 Å². The van der Waals surface area contributed by atoms with Gasteiger partial charge in [-0.2, -0.15) is 5.10 Å². The fourth-order valence-electron chi connectivity index (χ4n) is 2.45. The smallest absolute Gasteiger partial charge is 0.336 e. The molecule has 0 radical (unpaired) electrons. The van der Waals surface area contributed by atoms with E-state index >= 15 is 0 Å². The van der Waals surface area contributed by atoms with Crippen molar-refractivity contribution < 1.29 is 9.15 Å². The number of nitrogens with zero attached hydrogens (tertiary/aromatic N) is 1. The fourth-order valence-corrected chi connectivity index (χ4v) is 2.49. The SMILES string of the molecule is CC1(C)Oc2ccc3ccc(=O)oc3c2C/C1=N\NC(N)=S. The Balaban J connectivity index is 2.15. The second-order valence-corrected chi connectivity index (χ2v) is 5.98. The van der Waals surface area contributed by atoms with Gasteiger partial charge in [-0.05, 0) is 44.3 Å². The van der Waals surface area contributed by atoms with E-state index in [0.717, 1.165) is 10.9 Å². The standard InChI is InChI=1S/C15H15N3O3S/c1-15(2)11(17-18-14(16)22)7-9-10(21-15)5-3-8-4-6-12(19)20-13(8)9/h3-6H,7H2,1-2H3,(H3,16,18,22)/b17-11+. The summed E-state index contributed by atoms with van der Waals surface area (Å²) in [4.78, 5) is 11.5. The van der Waals surface area contributed by atoms with Crippen LogP contribution in [0.15, 0.2) is 38.6 Å². The molecule has 0 spiro atoms. The Labute approximate surface area is 131 Å². The van der Waals surface area contributed by atoms with E-state index in [1.165, 1.54) is 6.07 Å². The van der Waals surface area contributed by atoms with Crippen LogP contribution in [0.1, 0.15) is 19.4 Å². The summed E-state index contributed by atoms with van der Waals surface area (Å²) in [5.41, 5.74) is 9.01. The number of benzene rings is 1. The van der Waals surface area contributed by atoms with Gasteiger partial charge < -0.3 is 14.9 Å². The Bertz CT molecular complexity index is 855. The highest BCUT2D eigenvalue weighted by Gasteiger charge is 2.35. The number of hydrogen-bond acceptors (Lipinski definition) is 5. The molecule has 22 heavy (non-hydrogen) atoms. The maximum Gasteiger partial charge on any atom is 0.336 e. The zero-order chi connectivity index (χ0) is 15.9. The maximum absolute atomic E-state index is 11.5. The lowest BCUT2D eigenvalue weighted by Crippen LogP contribution is -2.44. The van der Waals surface area contributed by atoms with Gasteiger partial charge in [-0.25, -0.2) is 4.79 Å². The van der Waals surface area contributed by atoms with Crippen LogP contribution >= 0.6 is 12.2 Å². The second kappa shape index (κ2) is 5.10. The number of hydrogen-bond donors (Lipinski definition) is 2. The van der Waals surface area contributed by atoms with E-state index in [-0.39, 0.29) is 5.11 Å². The summed E-state index contributed by atoms with van der Waals surface area (Å²) >= 11 is 4.77. The zero-order valence-electron chi connectivity index (χ0n) is 12.2. The third-order valence-electron chi connectivity index (χ3n) is 3.55. The highest BCUT2D eigenvalue weighted by molar-refractivity contribution is 7.80. The summed E-state index contributed by atoms with van der Waals surface area (Å²) in [6, 6.07) is 6.86. The quantitative estimate of drug-likeness (QED) is 0.473. The first-order chi connectivity index (χ1) is 10.4. The summed E-state index contributed by atoms with van der Waals surface area (Å²) < 4.78 is 11.3. The molecule has 2 aromatic rings. The molecule has 114 valence electrons. The van der Waals surface area contributed by atoms with Gasteiger partial charge >= 0.3 is 5.63 Å². The molecule has 1 aliphatic rings. The van der Waals surface area contributed by atoms with Gasteiger partial charge in [0.1, 0.15) is 16.9 Å². The molecule has 7 heteroatoms. The third kappa shape index (κ3) is 2.55. The molecular formula is C15H15N3O3S. The second-order valence-electron chi connectivity index (χ2n) is 5.54. The van der Waals surface area contributed by atoms with Crippen molar-refractivity contribution in [1.29, 1.82) is 0 Å². The summed E-state index contributed by atoms with van der Waals surface area (Å²) in [6.45, 7) is 3.81. The molecule has 0 atom stereocenters. The van der Waals surface area contributed by atoms with E-state index < -0.39 is 11.2 Å². The Morgan fingerprint density at radius 3 is 2.82 bits per heavy atom. The van der Waals surface area contributed by atoms with Gasteiger partial charge in [-0.15, -0.1) is 0 Å². The van der Waals surface area contributed by atoms with E-state index in [1.54, 1.807) is 6.07 Å². The molecule has 1 aromatic heterocycles. The van der Waals surface area contributed by atoms with Gasteiger partial charge in [0.25, 0.3) is 0 Å². The minimum atomic E-state index is -0.618. The number of hydrazone groups is 1. The number of thiocarbonyl (C=S) groups is 1. The Morgan fingerprint density at radius 1 is 1.36 bits per heavy atom. The lowest BCUT2D eigenvalue weighted by atomic mass is 9.91. The van der Waals surface area contributed by atoms with Gasteiger partial charge in [0.05, 0.1) is 5.71 Å². The number of fused-ring (bicyclic) bond motifs is 3. The number of nitrogens with two attached hydrogens (primary N) is 1. The van der Waals surface area contributed by atoms with Crippen molar-refractivity contribution in [3.8, 4) is 5.75 Å². The highest BCUT2D eigenvalue weighted by Crippen LogP contribution is 2.35. The van der Waals surface area contributed by atoms with E-state index in [4.69, 9.17) is 27.1 Å². The van der Waals surface area contributed by atoms with Gasteiger partial charge in [-0.3, -0.25) is 5.43 Å². The largest absolute Gasteiger partial charge is 0.481 e. The first-order valence-electron chi connectivity index (χ1n) is 6.74. The van der Waals surface area contributed by atoms with Crippen LogP contribution in [0.5, 0.6) is 5.75 Å². The maximum atomic E-state index is 11.5. The van der Waals surface area contributed by atoms with Gasteiger partial charge in [0.15, 0.2) is 5.11 Å². The topological polar surface area (TPSA) is 89.8 Å². The van der Waals surface area contributed by atoms with E-state index in [9.17, 15) is 4.79 Å². The van der Waals surface area contributed by atoms with Gasteiger partial charge in [0, 0.05) is 23.4 Å². The highest BCUT2D eigenvalue weighted by atomic mass is 32.1. The van der Waals surface area contributed by atoms with E-state index in [1.807, 2.05) is 26.0 Å². The molecule has 3 rings (SSSR count). The summed E-state index contributed by atoms with van der Waals surface area (Å²) in [5.74, 6) is 0.682. The van der Waals surface area contributed by atoms with Crippen molar-refractivity contribution in [1.82, 2.24) is 5.43 Å². The average Bonchev–Trinajstić information content (AvgIpc) is 2.44. The minimum Gasteiger partial charge on any atom is -0.481 e. The van der Waals surface area contributed by atoms with Crippen molar-refractivity contribution in [2.75, 3.05) is 0 Å². The summed E-state index contributed by atoms with van der Waals surface area (Å²) in [6.07, 6.45) is 0.474. The van der Waals surface area contributed by atoms with Crippen molar-refractivity contribution in [2.45, 2.75) is 25.9 Å². The number of ether oxygens (including phenoxy) is 1. The summed E-state index contributed by atoms with van der Waals surface area (Å²) in [5, 5.41) is 5.14. The molecule has 3 N–H and O–H groups in total. The Morgan fingerprint density at radius 2 is 2.09 bits per heavy atom. The predicted octanol–water partition coefficient (Wildman–Crippen LogP) is 1.70. The first-order valence-corrected chi connectivity index (χ1v) is 7.15. The number of rotatable bonds is 1. The molecule has 0 aliphatic carbocycles. The molecule has 0 saturated carbocycles. The van der Waals surface area contributed by atoms with Crippen LogP contribution in [-0.4, -0.2) is 16.4 Å². The average molecular weight is 317 g/mol. The molecule has 1 aromatic carbocycles. The normalized spacial score (nSPS) is 17.8. The van der Waals surface area contributed by atoms with E-state index in [0.29, 0.717) is 23.5 Å². The lowest BCUT2D eigenvalue weighted by Gasteiger charge is -2.34. The Kier molecular flexibility index (Phi) is 3.37. The van der Waals surface area contributed by atoms with Crippen LogP contribution in [0.25, 0.3) is 11.0 Å². The van der Waals surface area contributed by atoms with Crippen LogP contribution in [0.4, 0.5) is 0 Å². The molecule has 0 saturated heterocycles. The lowest BCUT2D eigenvalue weighted by molar-refractivity contribution is 0.171. The van der Waals surface area contributed by atoms with Crippen LogP contribution < -0.4 is 21.5 Å². The molecule has 2 heterocycles. The fraction of sp³-hybridized carbons (Fsp3) is 0.267. The molecule has 0 unspecified atom stereocenters.